The largest absolute Gasteiger partial charge is 0.461 e. The van der Waals surface area contributed by atoms with Crippen molar-refractivity contribution in [3.63, 3.8) is 0 Å². The van der Waals surface area contributed by atoms with Crippen LogP contribution in [0.4, 0.5) is 10.1 Å². The molecule has 0 aromatic heterocycles. The highest BCUT2D eigenvalue weighted by Crippen LogP contribution is 2.48. The quantitative estimate of drug-likeness (QED) is 0.681. The van der Waals surface area contributed by atoms with E-state index in [1.54, 1.807) is 0 Å². The molecule has 2 rings (SSSR count). The first-order valence-electron chi connectivity index (χ1n) is 5.76. The van der Waals surface area contributed by atoms with Gasteiger partial charge in [-0.15, -0.1) is 0 Å². The maximum absolute atomic E-state index is 13.2. The number of hydrogen-bond acceptors (Lipinski definition) is 4. The van der Waals surface area contributed by atoms with Gasteiger partial charge in [-0.2, -0.15) is 5.26 Å². The summed E-state index contributed by atoms with van der Waals surface area (Å²) in [7, 11) is 0. The summed E-state index contributed by atoms with van der Waals surface area (Å²) in [5.41, 5.74) is 5.33. The molecular formula is C13H12BrFN2O2. The van der Waals surface area contributed by atoms with Crippen LogP contribution in [0.1, 0.15) is 29.6 Å². The molecule has 1 aliphatic carbocycles. The highest BCUT2D eigenvalue weighted by molar-refractivity contribution is 9.10. The number of nitrogens with zero attached hydrogens (tertiary/aromatic N) is 1. The molecule has 0 spiro atoms. The van der Waals surface area contributed by atoms with Crippen molar-refractivity contribution >= 4 is 27.6 Å². The van der Waals surface area contributed by atoms with Crippen LogP contribution < -0.4 is 5.73 Å². The van der Waals surface area contributed by atoms with Gasteiger partial charge >= 0.3 is 5.97 Å². The molecule has 1 fully saturated rings. The number of carbonyl (C=O) groups excluding carboxylic acids is 1. The number of benzene rings is 1. The van der Waals surface area contributed by atoms with Crippen LogP contribution in [0.2, 0.25) is 0 Å². The van der Waals surface area contributed by atoms with Crippen molar-refractivity contribution in [2.24, 2.45) is 5.41 Å². The molecule has 0 bridgehead atoms. The van der Waals surface area contributed by atoms with Crippen LogP contribution in [0.25, 0.3) is 0 Å². The summed E-state index contributed by atoms with van der Waals surface area (Å²) in [6.07, 6.45) is 2.16. The highest BCUT2D eigenvalue weighted by atomic mass is 79.9. The van der Waals surface area contributed by atoms with Crippen molar-refractivity contribution in [1.82, 2.24) is 0 Å². The predicted octanol–water partition coefficient (Wildman–Crippen LogP) is 3.02. The van der Waals surface area contributed by atoms with E-state index in [0.717, 1.165) is 18.9 Å². The lowest BCUT2D eigenvalue weighted by Gasteiger charge is -2.12. The summed E-state index contributed by atoms with van der Waals surface area (Å²) in [6, 6.07) is 4.47. The van der Waals surface area contributed by atoms with Crippen molar-refractivity contribution in [2.45, 2.75) is 19.3 Å². The zero-order valence-electron chi connectivity index (χ0n) is 10.1. The smallest absolute Gasteiger partial charge is 0.339 e. The van der Waals surface area contributed by atoms with E-state index in [2.05, 4.69) is 22.0 Å². The van der Waals surface area contributed by atoms with E-state index < -0.39 is 11.8 Å². The Hall–Kier alpha value is -1.61. The molecule has 0 saturated heterocycles. The number of nitrogens with two attached hydrogens (primary N) is 1. The van der Waals surface area contributed by atoms with Gasteiger partial charge in [-0.25, -0.2) is 9.18 Å². The molecule has 100 valence electrons. The highest BCUT2D eigenvalue weighted by Gasteiger charge is 2.43. The first-order chi connectivity index (χ1) is 8.97. The Bertz CT molecular complexity index is 564. The lowest BCUT2D eigenvalue weighted by Crippen LogP contribution is -2.15. The maximum Gasteiger partial charge on any atom is 0.339 e. The van der Waals surface area contributed by atoms with E-state index >= 15 is 0 Å². The second kappa shape index (κ2) is 5.17. The Morgan fingerprint density at radius 2 is 2.26 bits per heavy atom. The van der Waals surface area contributed by atoms with Crippen molar-refractivity contribution in [2.75, 3.05) is 12.3 Å². The summed E-state index contributed by atoms with van der Waals surface area (Å²) in [5.74, 6) is -1.16. The number of carbonyl (C=O) groups is 1. The van der Waals surface area contributed by atoms with Gasteiger partial charge in [0.25, 0.3) is 0 Å². The van der Waals surface area contributed by atoms with Crippen LogP contribution in [-0.2, 0) is 4.74 Å². The van der Waals surface area contributed by atoms with Crippen molar-refractivity contribution in [3.05, 3.63) is 28.0 Å². The fraction of sp³-hybridized carbons (Fsp3) is 0.385. The first-order valence-corrected chi connectivity index (χ1v) is 6.55. The minimum Gasteiger partial charge on any atom is -0.461 e. The number of nitriles is 1. The summed E-state index contributed by atoms with van der Waals surface area (Å²) in [5, 5.41) is 8.68. The van der Waals surface area contributed by atoms with Gasteiger partial charge in [-0.3, -0.25) is 0 Å². The van der Waals surface area contributed by atoms with E-state index in [9.17, 15) is 9.18 Å². The number of nitrogen functional groups attached to an aromatic ring is 1. The van der Waals surface area contributed by atoms with Crippen LogP contribution in [-0.4, -0.2) is 12.6 Å². The molecule has 0 unspecified atom stereocenters. The molecule has 2 N–H and O–H groups in total. The van der Waals surface area contributed by atoms with E-state index in [1.165, 1.54) is 6.07 Å². The number of halogens is 2. The van der Waals surface area contributed by atoms with Gasteiger partial charge in [0, 0.05) is 16.3 Å². The summed E-state index contributed by atoms with van der Waals surface area (Å²) >= 11 is 3.10. The van der Waals surface area contributed by atoms with E-state index in [0.29, 0.717) is 10.9 Å². The van der Waals surface area contributed by atoms with Crippen molar-refractivity contribution in [1.29, 1.82) is 5.26 Å². The number of rotatable bonds is 4. The third-order valence-corrected chi connectivity index (χ3v) is 3.88. The average Bonchev–Trinajstić information content (AvgIpc) is 3.12. The molecule has 0 heterocycles. The fourth-order valence-corrected chi connectivity index (χ4v) is 2.21. The van der Waals surface area contributed by atoms with Gasteiger partial charge in [0.2, 0.25) is 0 Å². The summed E-state index contributed by atoms with van der Waals surface area (Å²) < 4.78 is 18.7. The van der Waals surface area contributed by atoms with Gasteiger partial charge < -0.3 is 10.5 Å². The van der Waals surface area contributed by atoms with Crippen LogP contribution in [0.3, 0.4) is 0 Å². The second-order valence-electron chi connectivity index (χ2n) is 4.76. The molecule has 19 heavy (non-hydrogen) atoms. The number of esters is 1. The number of anilines is 1. The first kappa shape index (κ1) is 13.8. The Morgan fingerprint density at radius 3 is 2.84 bits per heavy atom. The molecule has 6 heteroatoms. The zero-order chi connectivity index (χ0) is 14.0. The molecule has 0 radical (unpaired) electrons. The molecule has 1 aromatic carbocycles. The van der Waals surface area contributed by atoms with Gasteiger partial charge in [-0.1, -0.05) is 0 Å². The number of hydrogen-bond donors (Lipinski definition) is 1. The molecular weight excluding hydrogens is 315 g/mol. The van der Waals surface area contributed by atoms with Crippen LogP contribution in [0.5, 0.6) is 0 Å². The monoisotopic (exact) mass is 326 g/mol. The normalized spacial score (nSPS) is 15.6. The summed E-state index contributed by atoms with van der Waals surface area (Å²) in [6.45, 7) is 0.211. The van der Waals surface area contributed by atoms with Crippen LogP contribution >= 0.6 is 15.9 Å². The van der Waals surface area contributed by atoms with Crippen molar-refractivity contribution in [3.8, 4) is 6.07 Å². The number of ether oxygens (including phenoxy) is 1. The van der Waals surface area contributed by atoms with Gasteiger partial charge in [0.05, 0.1) is 23.9 Å². The minimum atomic E-state index is -0.591. The Balaban J connectivity index is 2.05. The second-order valence-corrected chi connectivity index (χ2v) is 5.62. The third kappa shape index (κ3) is 3.04. The lowest BCUT2D eigenvalue weighted by molar-refractivity contribution is 0.0418. The lowest BCUT2D eigenvalue weighted by atomic mass is 10.1. The zero-order valence-corrected chi connectivity index (χ0v) is 11.7. The fourth-order valence-electron chi connectivity index (χ4n) is 1.74. The Kier molecular flexibility index (Phi) is 3.76. The molecule has 0 aliphatic heterocycles. The molecule has 0 atom stereocenters. The van der Waals surface area contributed by atoms with Gasteiger partial charge in [0.15, 0.2) is 0 Å². The minimum absolute atomic E-state index is 0.103. The summed E-state index contributed by atoms with van der Waals surface area (Å²) in [4.78, 5) is 11.9. The van der Waals surface area contributed by atoms with Crippen molar-refractivity contribution < 1.29 is 13.9 Å². The average molecular weight is 327 g/mol. The Morgan fingerprint density at radius 1 is 1.58 bits per heavy atom. The molecule has 1 aromatic rings. The van der Waals surface area contributed by atoms with E-state index in [4.69, 9.17) is 15.7 Å². The van der Waals surface area contributed by atoms with Crippen LogP contribution in [0, 0.1) is 22.6 Å². The standard InChI is InChI=1S/C13H12BrFN2O2/c14-9-6-10(15)11(17)5-8(9)12(18)19-7-13(1-2-13)3-4-16/h5-6H,1-3,7,17H2. The maximum atomic E-state index is 13.2. The van der Waals surface area contributed by atoms with Gasteiger partial charge in [0.1, 0.15) is 5.82 Å². The topological polar surface area (TPSA) is 76.1 Å². The Labute approximate surface area is 118 Å². The van der Waals surface area contributed by atoms with E-state index in [1.807, 2.05) is 0 Å². The SMILES string of the molecule is N#CCC1(COC(=O)c2cc(N)c(F)cc2Br)CC1. The molecule has 1 saturated carbocycles. The van der Waals surface area contributed by atoms with Gasteiger partial charge in [-0.05, 0) is 40.9 Å². The third-order valence-electron chi connectivity index (χ3n) is 3.23. The van der Waals surface area contributed by atoms with Crippen LogP contribution in [0.15, 0.2) is 16.6 Å². The van der Waals surface area contributed by atoms with E-state index in [-0.39, 0.29) is 23.3 Å². The molecule has 0 amide bonds. The molecule has 4 nitrogen and oxygen atoms in total. The molecule has 1 aliphatic rings. The predicted molar refractivity (Wildman–Crippen MR) is 70.7 cm³/mol.